The third-order valence-electron chi connectivity index (χ3n) is 5.00. The molecule has 0 aromatic carbocycles. The molecule has 0 aromatic rings. The smallest absolute Gasteiger partial charge is 0.308 e. The Morgan fingerprint density at radius 1 is 1.21 bits per heavy atom. The van der Waals surface area contributed by atoms with Crippen molar-refractivity contribution in [1.29, 1.82) is 0 Å². The molecule has 1 aliphatic carbocycles. The zero-order valence-electron chi connectivity index (χ0n) is 11.5. The molecule has 5 heteroatoms. The molecule has 3 fully saturated rings. The Morgan fingerprint density at radius 3 is 2.37 bits per heavy atom. The van der Waals surface area contributed by atoms with Gasteiger partial charge in [-0.3, -0.25) is 9.69 Å². The fourth-order valence-corrected chi connectivity index (χ4v) is 3.82. The van der Waals surface area contributed by atoms with Gasteiger partial charge in [-0.2, -0.15) is 0 Å². The first-order chi connectivity index (χ1) is 9.10. The molecule has 3 rings (SSSR count). The second kappa shape index (κ2) is 5.04. The summed E-state index contributed by atoms with van der Waals surface area (Å²) in [6, 6.07) is 0.505. The largest absolute Gasteiger partial charge is 0.481 e. The summed E-state index contributed by atoms with van der Waals surface area (Å²) < 4.78 is 11.5. The van der Waals surface area contributed by atoms with Crippen molar-refractivity contribution in [2.45, 2.75) is 44.4 Å². The van der Waals surface area contributed by atoms with E-state index in [-0.39, 0.29) is 17.6 Å². The first kappa shape index (κ1) is 13.3. The number of likely N-dealkylation sites (tertiary alicyclic amines) is 1. The van der Waals surface area contributed by atoms with Gasteiger partial charge in [0.2, 0.25) is 0 Å². The predicted molar refractivity (Wildman–Crippen MR) is 68.8 cm³/mol. The van der Waals surface area contributed by atoms with Gasteiger partial charge in [-0.15, -0.1) is 0 Å². The zero-order chi connectivity index (χ0) is 13.5. The number of rotatable bonds is 2. The maximum absolute atomic E-state index is 11.2. The van der Waals surface area contributed by atoms with Crippen LogP contribution >= 0.6 is 0 Å². The first-order valence-corrected chi connectivity index (χ1v) is 7.34. The Bertz CT molecular complexity index is 343. The van der Waals surface area contributed by atoms with E-state index in [1.165, 1.54) is 0 Å². The molecule has 1 N–H and O–H groups in total. The second-order valence-electron chi connectivity index (χ2n) is 6.21. The Labute approximate surface area is 113 Å². The maximum atomic E-state index is 11.2. The number of carbonyl (C=O) groups is 1. The summed E-state index contributed by atoms with van der Waals surface area (Å²) in [5, 5.41) is 9.20. The Hall–Kier alpha value is -0.650. The van der Waals surface area contributed by atoms with Gasteiger partial charge in [0.05, 0.1) is 19.1 Å². The van der Waals surface area contributed by atoms with Crippen LogP contribution in [0.25, 0.3) is 0 Å². The van der Waals surface area contributed by atoms with Crippen molar-refractivity contribution in [3.05, 3.63) is 0 Å². The fraction of sp³-hybridized carbons (Fsp3) is 0.929. The minimum Gasteiger partial charge on any atom is -0.481 e. The number of carboxylic acid groups (broad SMARTS) is 1. The standard InChI is InChI=1S/C14H23NO4/c1-10-8-15(9-12(10)13(16)17)11-2-4-14(5-3-11)18-6-7-19-14/h10-12H,2-9H2,1H3,(H,16,17)/t10-,12-/m1/s1. The highest BCUT2D eigenvalue weighted by Gasteiger charge is 2.44. The van der Waals surface area contributed by atoms with Crippen LogP contribution in [0, 0.1) is 11.8 Å². The van der Waals surface area contributed by atoms with Crippen LogP contribution in [0.15, 0.2) is 0 Å². The second-order valence-corrected chi connectivity index (χ2v) is 6.21. The SMILES string of the molecule is C[C@@H]1CN(C2CCC3(CC2)OCCO3)C[C@H]1C(=O)O. The van der Waals surface area contributed by atoms with Crippen LogP contribution in [-0.4, -0.2) is 54.1 Å². The Morgan fingerprint density at radius 2 is 1.84 bits per heavy atom. The van der Waals surface area contributed by atoms with Crippen LogP contribution in [0.4, 0.5) is 0 Å². The number of carboxylic acids is 1. The van der Waals surface area contributed by atoms with Crippen LogP contribution in [0.1, 0.15) is 32.6 Å². The van der Waals surface area contributed by atoms with Crippen LogP contribution < -0.4 is 0 Å². The molecule has 0 aromatic heterocycles. The van der Waals surface area contributed by atoms with E-state index in [1.54, 1.807) is 0 Å². The van der Waals surface area contributed by atoms with Gasteiger partial charge in [-0.05, 0) is 18.8 Å². The van der Waals surface area contributed by atoms with Gasteiger partial charge in [0.15, 0.2) is 5.79 Å². The lowest BCUT2D eigenvalue weighted by Gasteiger charge is -2.39. The molecule has 5 nitrogen and oxygen atoms in total. The number of hydrogen-bond acceptors (Lipinski definition) is 4. The van der Waals surface area contributed by atoms with Gasteiger partial charge >= 0.3 is 5.97 Å². The zero-order valence-corrected chi connectivity index (χ0v) is 11.5. The molecule has 0 radical (unpaired) electrons. The highest BCUT2D eigenvalue weighted by molar-refractivity contribution is 5.71. The summed E-state index contributed by atoms with van der Waals surface area (Å²) in [6.45, 7) is 5.09. The van der Waals surface area contributed by atoms with Gasteiger partial charge in [0, 0.05) is 32.0 Å². The Balaban J connectivity index is 1.56. The van der Waals surface area contributed by atoms with Crippen molar-refractivity contribution in [2.75, 3.05) is 26.3 Å². The van der Waals surface area contributed by atoms with Gasteiger partial charge in [0.25, 0.3) is 0 Å². The number of aliphatic carboxylic acids is 1. The third kappa shape index (κ3) is 2.51. The van der Waals surface area contributed by atoms with Crippen molar-refractivity contribution in [3.63, 3.8) is 0 Å². The van der Waals surface area contributed by atoms with Crippen molar-refractivity contribution >= 4 is 5.97 Å². The van der Waals surface area contributed by atoms with Gasteiger partial charge in [-0.25, -0.2) is 0 Å². The molecule has 0 bridgehead atoms. The number of ether oxygens (including phenoxy) is 2. The van der Waals surface area contributed by atoms with Crippen molar-refractivity contribution < 1.29 is 19.4 Å². The van der Waals surface area contributed by atoms with E-state index in [1.807, 2.05) is 6.92 Å². The molecule has 0 amide bonds. The molecule has 2 heterocycles. The average Bonchev–Trinajstić information content (AvgIpc) is 2.98. The minimum absolute atomic E-state index is 0.199. The third-order valence-corrected chi connectivity index (χ3v) is 5.00. The minimum atomic E-state index is -0.648. The quantitative estimate of drug-likeness (QED) is 0.819. The molecule has 2 saturated heterocycles. The molecule has 1 saturated carbocycles. The summed E-state index contributed by atoms with van der Waals surface area (Å²) >= 11 is 0. The van der Waals surface area contributed by atoms with Crippen LogP contribution in [-0.2, 0) is 14.3 Å². The van der Waals surface area contributed by atoms with E-state index < -0.39 is 5.97 Å². The van der Waals surface area contributed by atoms with E-state index in [4.69, 9.17) is 9.47 Å². The topological polar surface area (TPSA) is 59.0 Å². The lowest BCUT2D eigenvalue weighted by molar-refractivity contribution is -0.183. The summed E-state index contributed by atoms with van der Waals surface area (Å²) in [5.41, 5.74) is 0. The van der Waals surface area contributed by atoms with Gasteiger partial charge in [-0.1, -0.05) is 6.92 Å². The van der Waals surface area contributed by atoms with Crippen LogP contribution in [0.5, 0.6) is 0 Å². The molecule has 0 unspecified atom stereocenters. The van der Waals surface area contributed by atoms with Gasteiger partial charge < -0.3 is 14.6 Å². The summed E-state index contributed by atoms with van der Waals surface area (Å²) in [6.07, 6.45) is 4.00. The molecule has 1 spiro atoms. The molecule has 108 valence electrons. The maximum Gasteiger partial charge on any atom is 0.308 e. The molecular formula is C14H23NO4. The molecule has 2 atom stereocenters. The van der Waals surface area contributed by atoms with Crippen molar-refractivity contribution in [2.24, 2.45) is 11.8 Å². The van der Waals surface area contributed by atoms with E-state index in [9.17, 15) is 9.90 Å². The molecule has 19 heavy (non-hydrogen) atoms. The Kier molecular flexibility index (Phi) is 3.53. The van der Waals surface area contributed by atoms with Crippen molar-refractivity contribution in [1.82, 2.24) is 4.90 Å². The summed E-state index contributed by atoms with van der Waals surface area (Å²) in [4.78, 5) is 13.5. The number of hydrogen-bond donors (Lipinski definition) is 1. The summed E-state index contributed by atoms with van der Waals surface area (Å²) in [5.74, 6) is -0.902. The van der Waals surface area contributed by atoms with E-state index in [2.05, 4.69) is 4.90 Å². The summed E-state index contributed by atoms with van der Waals surface area (Å²) in [7, 11) is 0. The highest BCUT2D eigenvalue weighted by atomic mass is 16.7. The van der Waals surface area contributed by atoms with Crippen molar-refractivity contribution in [3.8, 4) is 0 Å². The van der Waals surface area contributed by atoms with E-state index >= 15 is 0 Å². The molecule has 3 aliphatic rings. The van der Waals surface area contributed by atoms with E-state index in [0.717, 1.165) is 32.2 Å². The molecular weight excluding hydrogens is 246 g/mol. The first-order valence-electron chi connectivity index (χ1n) is 7.34. The normalized spacial score (nSPS) is 36.1. The monoisotopic (exact) mass is 269 g/mol. The van der Waals surface area contributed by atoms with Gasteiger partial charge in [0.1, 0.15) is 0 Å². The lowest BCUT2D eigenvalue weighted by atomic mass is 9.89. The lowest BCUT2D eigenvalue weighted by Crippen LogP contribution is -2.43. The highest BCUT2D eigenvalue weighted by Crippen LogP contribution is 2.39. The number of nitrogens with zero attached hydrogens (tertiary/aromatic N) is 1. The average molecular weight is 269 g/mol. The van der Waals surface area contributed by atoms with E-state index in [0.29, 0.717) is 25.8 Å². The van der Waals surface area contributed by atoms with Crippen LogP contribution in [0.2, 0.25) is 0 Å². The van der Waals surface area contributed by atoms with Crippen LogP contribution in [0.3, 0.4) is 0 Å². The predicted octanol–water partition coefficient (Wildman–Crippen LogP) is 1.32. The molecule has 2 aliphatic heterocycles. The fourth-order valence-electron chi connectivity index (χ4n) is 3.82.